The minimum absolute atomic E-state index is 0.826. The first kappa shape index (κ1) is 25.7. The van der Waals surface area contributed by atoms with Crippen LogP contribution in [0.25, 0.3) is 0 Å². The van der Waals surface area contributed by atoms with Gasteiger partial charge in [-0.3, -0.25) is 0 Å². The molecule has 0 bridgehead atoms. The van der Waals surface area contributed by atoms with Crippen LogP contribution >= 0.6 is 0 Å². The zero-order valence-electron chi connectivity index (χ0n) is 20.2. The summed E-state index contributed by atoms with van der Waals surface area (Å²) in [4.78, 5) is 0. The van der Waals surface area contributed by atoms with Crippen LogP contribution < -0.4 is 0 Å². The van der Waals surface area contributed by atoms with Crippen molar-refractivity contribution < 1.29 is 0 Å². The third kappa shape index (κ3) is 10.1. The van der Waals surface area contributed by atoms with E-state index in [1.54, 1.807) is 0 Å². The van der Waals surface area contributed by atoms with Crippen LogP contribution in [-0.4, -0.2) is 0 Å². The van der Waals surface area contributed by atoms with E-state index < -0.39 is 0 Å². The Morgan fingerprint density at radius 1 is 0.516 bits per heavy atom. The van der Waals surface area contributed by atoms with E-state index in [1.807, 2.05) is 0 Å². The van der Waals surface area contributed by atoms with Gasteiger partial charge in [0.2, 0.25) is 0 Å². The van der Waals surface area contributed by atoms with Gasteiger partial charge in [-0.1, -0.05) is 114 Å². The SMILES string of the molecule is [CH]c1ccc(CCCCCCCC)cc1Cc1cc(CCCCCCCC)ccc1[CH]. The van der Waals surface area contributed by atoms with E-state index in [2.05, 4.69) is 50.2 Å². The Kier molecular flexibility index (Phi) is 12.7. The van der Waals surface area contributed by atoms with Crippen molar-refractivity contribution in [1.82, 2.24) is 0 Å². The molecule has 0 nitrogen and oxygen atoms in total. The predicted molar refractivity (Wildman–Crippen MR) is 137 cm³/mol. The standard InChI is InChI=1S/C31H44/c1-5-7-9-11-13-15-17-28-21-19-26(3)30(23-28)25-31-24-29(22-20-27(31)4)18-16-14-12-10-8-6-2/h3-4,19-24H,5-18,25H2,1-2H3. The molecule has 4 radical (unpaired) electrons. The smallest absolute Gasteiger partial charge is 0.000899 e. The third-order valence-corrected chi connectivity index (χ3v) is 6.43. The van der Waals surface area contributed by atoms with Gasteiger partial charge in [0, 0.05) is 0 Å². The third-order valence-electron chi connectivity index (χ3n) is 6.43. The van der Waals surface area contributed by atoms with Gasteiger partial charge in [0.05, 0.1) is 0 Å². The van der Waals surface area contributed by atoms with Crippen LogP contribution in [0.2, 0.25) is 0 Å². The maximum Gasteiger partial charge on any atom is -0.000899 e. The number of hydrogen-bond acceptors (Lipinski definition) is 0. The highest BCUT2D eigenvalue weighted by molar-refractivity contribution is 5.42. The van der Waals surface area contributed by atoms with Gasteiger partial charge < -0.3 is 0 Å². The Labute approximate surface area is 193 Å². The molecule has 0 aliphatic rings. The number of rotatable bonds is 16. The van der Waals surface area contributed by atoms with Gasteiger partial charge in [-0.25, -0.2) is 0 Å². The van der Waals surface area contributed by atoms with Crippen LogP contribution in [-0.2, 0) is 19.3 Å². The van der Waals surface area contributed by atoms with Crippen LogP contribution in [0.1, 0.15) is 124 Å². The van der Waals surface area contributed by atoms with Gasteiger partial charge in [0.15, 0.2) is 0 Å². The lowest BCUT2D eigenvalue weighted by Crippen LogP contribution is -1.99. The first-order valence-electron chi connectivity index (χ1n) is 12.9. The molecule has 0 saturated heterocycles. The summed E-state index contributed by atoms with van der Waals surface area (Å²) in [5, 5.41) is 0. The quantitative estimate of drug-likeness (QED) is 0.239. The van der Waals surface area contributed by atoms with Crippen molar-refractivity contribution in [3.8, 4) is 0 Å². The van der Waals surface area contributed by atoms with E-state index in [4.69, 9.17) is 13.8 Å². The van der Waals surface area contributed by atoms with E-state index in [1.165, 1.54) is 99.3 Å². The Bertz CT molecular complexity index is 676. The van der Waals surface area contributed by atoms with Crippen molar-refractivity contribution in [3.05, 3.63) is 83.6 Å². The summed E-state index contributed by atoms with van der Waals surface area (Å²) in [6.07, 6.45) is 19.1. The summed E-state index contributed by atoms with van der Waals surface area (Å²) in [5.41, 5.74) is 7.00. The number of hydrogen-bond donors (Lipinski definition) is 0. The maximum absolute atomic E-state index is 6.33. The van der Waals surface area contributed by atoms with Crippen LogP contribution in [0, 0.1) is 13.8 Å². The normalized spacial score (nSPS) is 11.2. The summed E-state index contributed by atoms with van der Waals surface area (Å²) < 4.78 is 0. The highest BCUT2D eigenvalue weighted by atomic mass is 14.1. The molecule has 0 heteroatoms. The lowest BCUT2D eigenvalue weighted by molar-refractivity contribution is 0.607. The highest BCUT2D eigenvalue weighted by Crippen LogP contribution is 2.22. The molecule has 31 heavy (non-hydrogen) atoms. The summed E-state index contributed by atoms with van der Waals surface area (Å²) in [6.45, 7) is 17.2. The van der Waals surface area contributed by atoms with E-state index >= 15 is 0 Å². The fourth-order valence-electron chi connectivity index (χ4n) is 4.36. The van der Waals surface area contributed by atoms with E-state index in [-0.39, 0.29) is 0 Å². The topological polar surface area (TPSA) is 0 Å². The zero-order valence-corrected chi connectivity index (χ0v) is 20.2. The van der Waals surface area contributed by atoms with Gasteiger partial charge in [0.25, 0.3) is 0 Å². The molecule has 2 aromatic carbocycles. The van der Waals surface area contributed by atoms with Crippen molar-refractivity contribution in [1.29, 1.82) is 0 Å². The number of unbranched alkanes of at least 4 members (excludes halogenated alkanes) is 10. The van der Waals surface area contributed by atoms with E-state index in [0.29, 0.717) is 0 Å². The zero-order chi connectivity index (χ0) is 22.3. The molecule has 0 amide bonds. The van der Waals surface area contributed by atoms with Crippen molar-refractivity contribution in [3.63, 3.8) is 0 Å². The summed E-state index contributed by atoms with van der Waals surface area (Å²) in [7, 11) is 0. The maximum atomic E-state index is 6.33. The summed E-state index contributed by atoms with van der Waals surface area (Å²) in [5.74, 6) is 0. The predicted octanol–water partition coefficient (Wildman–Crippen LogP) is 9.20. The lowest BCUT2D eigenvalue weighted by atomic mass is 9.92. The first-order valence-corrected chi connectivity index (χ1v) is 12.9. The molecule has 2 rings (SSSR count). The molecule has 0 atom stereocenters. The van der Waals surface area contributed by atoms with Gasteiger partial charge >= 0.3 is 0 Å². The van der Waals surface area contributed by atoms with E-state index in [0.717, 1.165) is 30.4 Å². The highest BCUT2D eigenvalue weighted by Gasteiger charge is 2.07. The van der Waals surface area contributed by atoms with Gasteiger partial charge in [-0.2, -0.15) is 0 Å². The molecular formula is C31H44. The molecule has 0 aromatic heterocycles. The molecule has 0 spiro atoms. The minimum atomic E-state index is 0.826. The summed E-state index contributed by atoms with van der Waals surface area (Å²) >= 11 is 0. The van der Waals surface area contributed by atoms with Crippen molar-refractivity contribution in [2.75, 3.05) is 0 Å². The molecule has 2 aromatic rings. The van der Waals surface area contributed by atoms with E-state index in [9.17, 15) is 0 Å². The molecule has 0 N–H and O–H groups in total. The Morgan fingerprint density at radius 2 is 0.903 bits per heavy atom. The minimum Gasteiger partial charge on any atom is -0.0654 e. The molecule has 0 aliphatic carbocycles. The van der Waals surface area contributed by atoms with Gasteiger partial charge in [0.1, 0.15) is 0 Å². The van der Waals surface area contributed by atoms with Crippen LogP contribution in [0.3, 0.4) is 0 Å². The molecule has 0 unspecified atom stereocenters. The van der Waals surface area contributed by atoms with Crippen molar-refractivity contribution in [2.24, 2.45) is 0 Å². The second-order valence-corrected chi connectivity index (χ2v) is 9.28. The first-order chi connectivity index (χ1) is 15.1. The second-order valence-electron chi connectivity index (χ2n) is 9.28. The molecular weight excluding hydrogens is 372 g/mol. The average molecular weight is 417 g/mol. The monoisotopic (exact) mass is 416 g/mol. The Balaban J connectivity index is 1.90. The average Bonchev–Trinajstić information content (AvgIpc) is 2.77. The largest absolute Gasteiger partial charge is 0.0654 e. The fourth-order valence-corrected chi connectivity index (χ4v) is 4.36. The van der Waals surface area contributed by atoms with Crippen LogP contribution in [0.15, 0.2) is 36.4 Å². The molecule has 0 aliphatic heterocycles. The molecule has 168 valence electrons. The summed E-state index contributed by atoms with van der Waals surface area (Å²) in [6, 6.07) is 13.2. The second kappa shape index (κ2) is 15.3. The van der Waals surface area contributed by atoms with Crippen LogP contribution in [0.5, 0.6) is 0 Å². The molecule has 0 heterocycles. The lowest BCUT2D eigenvalue weighted by Gasteiger charge is -2.13. The number of aryl methyl sites for hydroxylation is 2. The fraction of sp³-hybridized carbons (Fsp3) is 0.548. The Morgan fingerprint density at radius 3 is 1.32 bits per heavy atom. The Hall–Kier alpha value is -1.56. The van der Waals surface area contributed by atoms with Crippen molar-refractivity contribution >= 4 is 0 Å². The molecule has 0 fully saturated rings. The van der Waals surface area contributed by atoms with Crippen LogP contribution in [0.4, 0.5) is 0 Å². The number of benzene rings is 2. The van der Waals surface area contributed by atoms with Crippen molar-refractivity contribution in [2.45, 2.75) is 110 Å². The van der Waals surface area contributed by atoms with Gasteiger partial charge in [-0.05, 0) is 79.3 Å². The molecule has 0 saturated carbocycles. The van der Waals surface area contributed by atoms with Gasteiger partial charge in [-0.15, -0.1) is 0 Å².